The Morgan fingerprint density at radius 3 is 2.50 bits per heavy atom. The normalized spacial score (nSPS) is 49.3. The van der Waals surface area contributed by atoms with E-state index in [4.69, 9.17) is 5.11 Å². The van der Waals surface area contributed by atoms with Gasteiger partial charge in [-0.05, 0) is 19.3 Å². The Morgan fingerprint density at radius 1 is 1.00 bits per heavy atom. The predicted molar refractivity (Wildman–Crippen MR) is 63.7 cm³/mol. The van der Waals surface area contributed by atoms with Gasteiger partial charge in [0.1, 0.15) is 0 Å². The number of rotatable bonds is 2. The molecular formula is C12H22N2O4. The van der Waals surface area contributed by atoms with Gasteiger partial charge in [-0.1, -0.05) is 0 Å². The molecule has 3 heterocycles. The first-order valence-electron chi connectivity index (χ1n) is 6.81. The topological polar surface area (TPSA) is 87.4 Å². The van der Waals surface area contributed by atoms with Gasteiger partial charge in [0.05, 0.1) is 37.1 Å². The van der Waals surface area contributed by atoms with Crippen molar-refractivity contribution in [2.24, 2.45) is 0 Å². The van der Waals surface area contributed by atoms with Crippen LogP contribution in [0.15, 0.2) is 0 Å². The molecule has 0 amide bonds. The van der Waals surface area contributed by atoms with Crippen LogP contribution in [0.1, 0.15) is 19.3 Å². The van der Waals surface area contributed by atoms with Crippen molar-refractivity contribution in [3.05, 3.63) is 0 Å². The van der Waals surface area contributed by atoms with Gasteiger partial charge in [0.25, 0.3) is 0 Å². The van der Waals surface area contributed by atoms with Crippen LogP contribution in [0.4, 0.5) is 0 Å². The second-order valence-corrected chi connectivity index (χ2v) is 5.66. The molecule has 0 aromatic carbocycles. The van der Waals surface area contributed by atoms with Gasteiger partial charge in [-0.3, -0.25) is 9.80 Å². The Balaban J connectivity index is 1.87. The van der Waals surface area contributed by atoms with Crippen LogP contribution in [0.5, 0.6) is 0 Å². The summed E-state index contributed by atoms with van der Waals surface area (Å²) in [6.45, 7) is 1.56. The quantitative estimate of drug-likeness (QED) is 0.456. The molecule has 3 fully saturated rings. The van der Waals surface area contributed by atoms with Crippen LogP contribution in [-0.2, 0) is 0 Å². The first-order chi connectivity index (χ1) is 8.65. The molecular weight excluding hydrogens is 236 g/mol. The molecule has 0 aromatic heterocycles. The zero-order valence-electron chi connectivity index (χ0n) is 10.4. The molecule has 0 spiro atoms. The largest absolute Gasteiger partial charge is 0.395 e. The summed E-state index contributed by atoms with van der Waals surface area (Å²) in [5.41, 5.74) is 0. The monoisotopic (exact) mass is 258 g/mol. The number of aliphatic hydroxyl groups is 4. The third-order valence-electron chi connectivity index (χ3n) is 4.80. The molecule has 3 aliphatic rings. The molecule has 0 bridgehead atoms. The Morgan fingerprint density at radius 2 is 1.78 bits per heavy atom. The summed E-state index contributed by atoms with van der Waals surface area (Å²) in [5, 5.41) is 39.4. The Bertz CT molecular complexity index is 316. The summed E-state index contributed by atoms with van der Waals surface area (Å²) >= 11 is 0. The molecule has 4 N–H and O–H groups in total. The molecule has 0 aliphatic carbocycles. The van der Waals surface area contributed by atoms with Crippen molar-refractivity contribution in [2.75, 3.05) is 19.7 Å². The van der Waals surface area contributed by atoms with E-state index in [0.29, 0.717) is 13.0 Å². The maximum absolute atomic E-state index is 10.1. The minimum atomic E-state index is -0.859. The Hall–Kier alpha value is -0.240. The molecule has 6 atom stereocenters. The van der Waals surface area contributed by atoms with Gasteiger partial charge in [0.2, 0.25) is 0 Å². The van der Waals surface area contributed by atoms with Gasteiger partial charge in [-0.15, -0.1) is 0 Å². The highest BCUT2D eigenvalue weighted by molar-refractivity contribution is 5.09. The standard InChI is InChI=1S/C12H22N2O4/c15-6-5-13-4-3-7-11(17)12(18)10-8(16)1-2-9(13)14(7)10/h7-12,15-18H,1-6H2/t7?,8-,9?,10-,11-,12+/m1/s1. The molecule has 18 heavy (non-hydrogen) atoms. The van der Waals surface area contributed by atoms with Crippen LogP contribution in [0.2, 0.25) is 0 Å². The lowest BCUT2D eigenvalue weighted by Gasteiger charge is -2.51. The third-order valence-corrected chi connectivity index (χ3v) is 4.80. The van der Waals surface area contributed by atoms with Crippen molar-refractivity contribution in [3.8, 4) is 0 Å². The van der Waals surface area contributed by atoms with Crippen LogP contribution in [0.3, 0.4) is 0 Å². The molecule has 6 heteroatoms. The maximum Gasteiger partial charge on any atom is 0.0995 e. The van der Waals surface area contributed by atoms with Gasteiger partial charge in [-0.2, -0.15) is 0 Å². The highest BCUT2D eigenvalue weighted by Crippen LogP contribution is 2.40. The summed E-state index contributed by atoms with van der Waals surface area (Å²) in [4.78, 5) is 4.28. The number of nitrogens with zero attached hydrogens (tertiary/aromatic N) is 2. The highest BCUT2D eigenvalue weighted by Gasteiger charge is 2.57. The lowest BCUT2D eigenvalue weighted by molar-refractivity contribution is -0.116. The summed E-state index contributed by atoms with van der Waals surface area (Å²) in [7, 11) is 0. The molecule has 104 valence electrons. The van der Waals surface area contributed by atoms with E-state index in [1.54, 1.807) is 0 Å². The zero-order chi connectivity index (χ0) is 12.9. The SMILES string of the molecule is OCCN1CCC2[C@@H](O)[C@@H](O)[C@H]3[C@H](O)CCC1N23. The van der Waals surface area contributed by atoms with Crippen molar-refractivity contribution < 1.29 is 20.4 Å². The van der Waals surface area contributed by atoms with Gasteiger partial charge in [0, 0.05) is 19.1 Å². The molecule has 3 aliphatic heterocycles. The fraction of sp³-hybridized carbons (Fsp3) is 1.00. The van der Waals surface area contributed by atoms with E-state index in [1.165, 1.54) is 0 Å². The first-order valence-corrected chi connectivity index (χ1v) is 6.81. The van der Waals surface area contributed by atoms with Crippen molar-refractivity contribution in [1.82, 2.24) is 9.80 Å². The molecule has 6 nitrogen and oxygen atoms in total. The molecule has 2 unspecified atom stereocenters. The summed E-state index contributed by atoms with van der Waals surface area (Å²) in [6.07, 6.45) is 0.194. The van der Waals surface area contributed by atoms with E-state index >= 15 is 0 Å². The van der Waals surface area contributed by atoms with E-state index < -0.39 is 18.3 Å². The van der Waals surface area contributed by atoms with E-state index in [9.17, 15) is 15.3 Å². The van der Waals surface area contributed by atoms with Crippen molar-refractivity contribution >= 4 is 0 Å². The number of β-amino-alcohol motifs (C(OH)–C–C–N with tert-alkyl or cyclic N) is 1. The number of aliphatic hydroxyl groups excluding tert-OH is 4. The second-order valence-electron chi connectivity index (χ2n) is 5.66. The van der Waals surface area contributed by atoms with Crippen molar-refractivity contribution in [1.29, 1.82) is 0 Å². The van der Waals surface area contributed by atoms with Gasteiger partial charge < -0.3 is 20.4 Å². The predicted octanol–water partition coefficient (Wildman–Crippen LogP) is -2.06. The summed E-state index contributed by atoms with van der Waals surface area (Å²) in [6, 6.07) is -0.412. The van der Waals surface area contributed by atoms with Gasteiger partial charge in [0.15, 0.2) is 0 Å². The molecule has 3 saturated heterocycles. The maximum atomic E-state index is 10.1. The lowest BCUT2D eigenvalue weighted by Crippen LogP contribution is -2.64. The van der Waals surface area contributed by atoms with E-state index in [1.807, 2.05) is 0 Å². The average Bonchev–Trinajstić information content (AvgIpc) is 2.62. The average molecular weight is 258 g/mol. The van der Waals surface area contributed by atoms with Crippen LogP contribution in [0.25, 0.3) is 0 Å². The van der Waals surface area contributed by atoms with Gasteiger partial charge in [-0.25, -0.2) is 0 Å². The van der Waals surface area contributed by atoms with Crippen LogP contribution in [0, 0.1) is 0 Å². The van der Waals surface area contributed by atoms with E-state index in [0.717, 1.165) is 19.4 Å². The summed E-state index contributed by atoms with van der Waals surface area (Å²) in [5.74, 6) is 0. The fourth-order valence-electron chi connectivity index (χ4n) is 4.02. The first kappa shape index (κ1) is 12.8. The van der Waals surface area contributed by atoms with Crippen LogP contribution in [-0.4, -0.2) is 86.5 Å². The molecule has 3 rings (SSSR count). The minimum absolute atomic E-state index is 0.0557. The smallest absolute Gasteiger partial charge is 0.0995 e. The molecule has 0 radical (unpaired) electrons. The lowest BCUT2D eigenvalue weighted by atomic mass is 9.94. The van der Waals surface area contributed by atoms with Crippen molar-refractivity contribution in [3.63, 3.8) is 0 Å². The fourth-order valence-corrected chi connectivity index (χ4v) is 4.02. The van der Waals surface area contributed by atoms with Crippen LogP contribution < -0.4 is 0 Å². The molecule has 0 aromatic rings. The zero-order valence-corrected chi connectivity index (χ0v) is 10.4. The van der Waals surface area contributed by atoms with Gasteiger partial charge >= 0.3 is 0 Å². The number of hydrogen-bond donors (Lipinski definition) is 4. The minimum Gasteiger partial charge on any atom is -0.395 e. The van der Waals surface area contributed by atoms with Crippen LogP contribution >= 0.6 is 0 Å². The molecule has 0 saturated carbocycles. The summed E-state index contributed by atoms with van der Waals surface area (Å²) < 4.78 is 0. The number of hydrogen-bond acceptors (Lipinski definition) is 6. The highest BCUT2D eigenvalue weighted by atomic mass is 16.3. The second kappa shape index (κ2) is 4.70. The van der Waals surface area contributed by atoms with E-state index in [2.05, 4.69) is 9.80 Å². The van der Waals surface area contributed by atoms with Crippen molar-refractivity contribution in [2.45, 2.75) is 55.8 Å². The van der Waals surface area contributed by atoms with E-state index in [-0.39, 0.29) is 24.9 Å². The number of piperidine rings is 1. The Labute approximate surface area is 106 Å². The third kappa shape index (κ3) is 1.71. The Kier molecular flexibility index (Phi) is 3.34.